The molecule has 0 radical (unpaired) electrons. The molecular weight excluding hydrogens is 195 g/mol. The fourth-order valence-corrected chi connectivity index (χ4v) is 0.788. The van der Waals surface area contributed by atoms with E-state index >= 15 is 0 Å². The van der Waals surface area contributed by atoms with Crippen LogP contribution in [0, 0.1) is 0 Å². The van der Waals surface area contributed by atoms with Gasteiger partial charge in [-0.05, 0) is 12.1 Å². The summed E-state index contributed by atoms with van der Waals surface area (Å²) in [6.45, 7) is 0. The van der Waals surface area contributed by atoms with Crippen molar-refractivity contribution in [1.82, 2.24) is 15.4 Å². The Hall–Kier alpha value is -0.957. The fraction of sp³-hybridized carbons (Fsp3) is 0. The van der Waals surface area contributed by atoms with Gasteiger partial charge in [0.1, 0.15) is 5.52 Å². The maximum atomic E-state index is 8.38. The molecule has 0 amide bonds. The Labute approximate surface area is 72.9 Å². The number of fused-ring (bicyclic) bond motifs is 1. The van der Waals surface area contributed by atoms with Crippen LogP contribution in [0.25, 0.3) is 11.0 Å². The number of para-hydroxylation sites is 1. The van der Waals surface area contributed by atoms with Gasteiger partial charge in [-0.15, -0.1) is 5.10 Å². The molecule has 0 saturated heterocycles. The number of nitrogens with one attached hydrogen (secondary N) is 1. The van der Waals surface area contributed by atoms with Gasteiger partial charge >= 0.3 is 21.8 Å². The summed E-state index contributed by atoms with van der Waals surface area (Å²) in [7, 11) is 0. The van der Waals surface area contributed by atoms with Crippen LogP contribution in [0.3, 0.4) is 0 Å². The number of aromatic nitrogens is 3. The third-order valence-corrected chi connectivity index (χ3v) is 1.23. The van der Waals surface area contributed by atoms with Crippen molar-refractivity contribution in [3.8, 4) is 0 Å². The number of H-pyrrole nitrogens is 1. The molecule has 0 saturated carbocycles. The zero-order chi connectivity index (χ0) is 8.10. The first-order valence-electron chi connectivity index (χ1n) is 3.01. The minimum Gasteiger partial charge on any atom is -0.258 e. The van der Waals surface area contributed by atoms with Crippen LogP contribution in [0.1, 0.15) is 0 Å². The van der Waals surface area contributed by atoms with E-state index in [4.69, 9.17) is 3.57 Å². The molecule has 4 nitrogen and oxygen atoms in total. The van der Waals surface area contributed by atoms with E-state index in [9.17, 15) is 0 Å². The molecule has 2 rings (SSSR count). The summed E-state index contributed by atoms with van der Waals surface area (Å²) in [5.74, 6) is 0. The Morgan fingerprint density at radius 3 is 2.73 bits per heavy atom. The van der Waals surface area contributed by atoms with Crippen LogP contribution in [0.5, 0.6) is 0 Å². The van der Waals surface area contributed by atoms with Crippen molar-refractivity contribution in [2.45, 2.75) is 0 Å². The summed E-state index contributed by atoms with van der Waals surface area (Å²) in [5, 5.41) is 10.2. The molecule has 0 aliphatic carbocycles. The van der Waals surface area contributed by atoms with Gasteiger partial charge in [-0.25, -0.2) is 0 Å². The van der Waals surface area contributed by atoms with Gasteiger partial charge in [0.25, 0.3) is 0 Å². The minimum atomic E-state index is 0.125. The van der Waals surface area contributed by atoms with Crippen LogP contribution in [0.4, 0.5) is 0 Å². The molecule has 2 aromatic rings. The first kappa shape index (κ1) is 8.14. The van der Waals surface area contributed by atoms with E-state index in [2.05, 4.69) is 15.4 Å². The molecule has 0 atom stereocenters. The van der Waals surface area contributed by atoms with E-state index in [1.807, 2.05) is 24.3 Å². The smallest absolute Gasteiger partial charge is 0.112 e. The number of benzene rings is 1. The molecule has 1 aromatic heterocycles. The van der Waals surface area contributed by atoms with Crippen molar-refractivity contribution in [2.24, 2.45) is 0 Å². The average Bonchev–Trinajstić information content (AvgIpc) is 2.55. The topological polar surface area (TPSA) is 58.6 Å². The fourth-order valence-electron chi connectivity index (χ4n) is 0.788. The Morgan fingerprint density at radius 2 is 2.00 bits per heavy atom. The van der Waals surface area contributed by atoms with Gasteiger partial charge in [-0.3, -0.25) is 5.10 Å². The predicted molar refractivity (Wildman–Crippen MR) is 34.6 cm³/mol. The SMILES string of the molecule is [O]=[Zn].c1ccc2[nH]nnc2c1. The molecule has 0 bridgehead atoms. The summed E-state index contributed by atoms with van der Waals surface area (Å²) < 4.78 is 8.38. The van der Waals surface area contributed by atoms with E-state index in [1.165, 1.54) is 0 Å². The molecule has 52 valence electrons. The van der Waals surface area contributed by atoms with E-state index in [0.29, 0.717) is 0 Å². The number of hydrogen-bond donors (Lipinski definition) is 1. The molecule has 0 fully saturated rings. The van der Waals surface area contributed by atoms with Gasteiger partial charge in [0.05, 0.1) is 5.52 Å². The van der Waals surface area contributed by atoms with Gasteiger partial charge in [-0.1, -0.05) is 17.3 Å². The second-order valence-corrected chi connectivity index (χ2v) is 1.83. The summed E-state index contributed by atoms with van der Waals surface area (Å²) in [5.41, 5.74) is 1.90. The zero-order valence-electron chi connectivity index (χ0n) is 5.82. The number of hydrogen-bond acceptors (Lipinski definition) is 3. The van der Waals surface area contributed by atoms with Gasteiger partial charge in [0.15, 0.2) is 0 Å². The predicted octanol–water partition coefficient (Wildman–Crippen LogP) is 0.837. The maximum absolute atomic E-state index is 8.38. The standard InChI is InChI=1S/C6H5N3.O.Zn/c1-2-4-6-5(3-1)7-9-8-6;;/h1-4H,(H,7,8,9);;. The normalized spacial score (nSPS) is 8.91. The minimum absolute atomic E-state index is 0.125. The molecule has 0 aliphatic rings. The number of nitrogens with zero attached hydrogens (tertiary/aromatic N) is 2. The van der Waals surface area contributed by atoms with Crippen LogP contribution in [0.15, 0.2) is 24.3 Å². The zero-order valence-corrected chi connectivity index (χ0v) is 8.79. The monoisotopic (exact) mass is 199 g/mol. The molecule has 0 spiro atoms. The van der Waals surface area contributed by atoms with Gasteiger partial charge in [-0.2, -0.15) is 0 Å². The van der Waals surface area contributed by atoms with Gasteiger partial charge in [0, 0.05) is 0 Å². The Kier molecular flexibility index (Phi) is 2.99. The molecule has 1 heterocycles. The van der Waals surface area contributed by atoms with Crippen LogP contribution >= 0.6 is 0 Å². The Bertz CT molecular complexity index is 305. The summed E-state index contributed by atoms with van der Waals surface area (Å²) >= 11 is 0.125. The van der Waals surface area contributed by atoms with Gasteiger partial charge in [0.2, 0.25) is 0 Å². The van der Waals surface area contributed by atoms with Crippen LogP contribution in [0.2, 0.25) is 0 Å². The number of aromatic amines is 1. The Morgan fingerprint density at radius 1 is 1.27 bits per heavy atom. The largest absolute Gasteiger partial charge is 0.258 e. The van der Waals surface area contributed by atoms with Crippen molar-refractivity contribution in [1.29, 1.82) is 0 Å². The third-order valence-electron chi connectivity index (χ3n) is 1.23. The second-order valence-electron chi connectivity index (χ2n) is 1.83. The molecule has 1 aromatic carbocycles. The van der Waals surface area contributed by atoms with Crippen molar-refractivity contribution in [2.75, 3.05) is 0 Å². The molecule has 11 heavy (non-hydrogen) atoms. The van der Waals surface area contributed by atoms with Gasteiger partial charge < -0.3 is 0 Å². The number of rotatable bonds is 0. The first-order chi connectivity index (χ1) is 5.47. The van der Waals surface area contributed by atoms with Crippen molar-refractivity contribution in [3.63, 3.8) is 0 Å². The van der Waals surface area contributed by atoms with E-state index in [-0.39, 0.29) is 18.3 Å². The van der Waals surface area contributed by atoms with E-state index in [1.54, 1.807) is 0 Å². The quantitative estimate of drug-likeness (QED) is 0.641. The van der Waals surface area contributed by atoms with E-state index < -0.39 is 0 Å². The van der Waals surface area contributed by atoms with Crippen molar-refractivity contribution >= 4 is 11.0 Å². The second kappa shape index (κ2) is 4.03. The summed E-state index contributed by atoms with van der Waals surface area (Å²) in [4.78, 5) is 0. The third kappa shape index (κ3) is 1.74. The first-order valence-corrected chi connectivity index (χ1v) is 4.22. The van der Waals surface area contributed by atoms with Crippen LogP contribution < -0.4 is 0 Å². The van der Waals surface area contributed by atoms with Crippen LogP contribution in [-0.2, 0) is 21.8 Å². The Balaban J connectivity index is 0.000000281. The molecule has 0 aliphatic heterocycles. The van der Waals surface area contributed by atoms with Crippen molar-refractivity contribution < 1.29 is 21.8 Å². The van der Waals surface area contributed by atoms with E-state index in [0.717, 1.165) is 11.0 Å². The maximum Gasteiger partial charge on any atom is 0.112 e. The molecule has 1 N–H and O–H groups in total. The molecular formula is C6H5N3OZn. The van der Waals surface area contributed by atoms with Crippen molar-refractivity contribution in [3.05, 3.63) is 24.3 Å². The summed E-state index contributed by atoms with van der Waals surface area (Å²) in [6, 6.07) is 7.74. The molecule has 5 heteroatoms. The average molecular weight is 201 g/mol. The van der Waals surface area contributed by atoms with Crippen LogP contribution in [-0.4, -0.2) is 15.4 Å². The molecule has 0 unspecified atom stereocenters. The summed E-state index contributed by atoms with van der Waals surface area (Å²) in [6.07, 6.45) is 0.